The Morgan fingerprint density at radius 3 is 2.80 bits per heavy atom. The summed E-state index contributed by atoms with van der Waals surface area (Å²) in [7, 11) is 1.61. The molecule has 0 aliphatic carbocycles. The molecular weight excluding hydrogens is 148 g/mol. The molecule has 0 rings (SSSR count). The fourth-order valence-corrected chi connectivity index (χ4v) is 1.37. The fourth-order valence-electron chi connectivity index (χ4n) is 0.639. The Morgan fingerprint density at radius 1 is 1.60 bits per heavy atom. The smallest absolute Gasteiger partial charge is 0.0781 e. The molecule has 0 aromatic carbocycles. The summed E-state index contributed by atoms with van der Waals surface area (Å²) in [5.74, 6) is 2.15. The van der Waals surface area contributed by atoms with Gasteiger partial charge in [-0.3, -0.25) is 0 Å². The van der Waals surface area contributed by atoms with Crippen molar-refractivity contribution in [2.75, 3.05) is 25.2 Å². The Kier molecular flexibility index (Phi) is 7.58. The Hall–Kier alpha value is 0.270. The van der Waals surface area contributed by atoms with Gasteiger partial charge in [0.05, 0.1) is 12.7 Å². The molecule has 3 heteroatoms. The minimum absolute atomic E-state index is 0.274. The van der Waals surface area contributed by atoms with E-state index in [1.165, 1.54) is 0 Å². The third kappa shape index (κ3) is 6.39. The topological polar surface area (TPSA) is 29.5 Å². The zero-order valence-electron chi connectivity index (χ0n) is 6.67. The number of hydrogen-bond acceptors (Lipinski definition) is 3. The number of hydrogen-bond donors (Lipinski definition) is 1. The molecule has 0 spiro atoms. The Labute approximate surface area is 67.0 Å². The quantitative estimate of drug-likeness (QED) is 0.597. The van der Waals surface area contributed by atoms with E-state index in [0.717, 1.165) is 17.9 Å². The lowest BCUT2D eigenvalue weighted by molar-refractivity contribution is 0.0632. The normalized spacial score (nSPS) is 13.5. The number of ether oxygens (including phenoxy) is 1. The molecule has 1 unspecified atom stereocenters. The van der Waals surface area contributed by atoms with Gasteiger partial charge in [-0.05, 0) is 17.9 Å². The zero-order chi connectivity index (χ0) is 7.82. The van der Waals surface area contributed by atoms with Gasteiger partial charge in [-0.2, -0.15) is 11.8 Å². The van der Waals surface area contributed by atoms with Gasteiger partial charge in [-0.15, -0.1) is 0 Å². The third-order valence-electron chi connectivity index (χ3n) is 1.16. The first-order chi connectivity index (χ1) is 4.81. The lowest BCUT2D eigenvalue weighted by atomic mass is 10.3. The molecule has 1 atom stereocenters. The number of rotatable bonds is 6. The van der Waals surface area contributed by atoms with Crippen LogP contribution in [0.4, 0.5) is 0 Å². The Bertz CT molecular complexity index is 68.6. The van der Waals surface area contributed by atoms with Crippen LogP contribution in [0.1, 0.15) is 13.3 Å². The number of methoxy groups -OCH3 is 1. The molecule has 1 N–H and O–H groups in total. The van der Waals surface area contributed by atoms with Crippen LogP contribution in [0.2, 0.25) is 0 Å². The molecule has 0 aliphatic heterocycles. The largest absolute Gasteiger partial charge is 0.391 e. The second-order valence-electron chi connectivity index (χ2n) is 2.09. The van der Waals surface area contributed by atoms with Crippen molar-refractivity contribution in [3.63, 3.8) is 0 Å². The highest BCUT2D eigenvalue weighted by atomic mass is 32.2. The van der Waals surface area contributed by atoms with Gasteiger partial charge in [0.15, 0.2) is 0 Å². The van der Waals surface area contributed by atoms with Crippen molar-refractivity contribution >= 4 is 11.8 Å². The van der Waals surface area contributed by atoms with Crippen LogP contribution in [-0.2, 0) is 4.74 Å². The van der Waals surface area contributed by atoms with Crippen LogP contribution in [0.25, 0.3) is 0 Å². The van der Waals surface area contributed by atoms with Crippen molar-refractivity contribution < 1.29 is 9.84 Å². The minimum atomic E-state index is -0.274. The zero-order valence-corrected chi connectivity index (χ0v) is 7.49. The van der Waals surface area contributed by atoms with Crippen LogP contribution in [0.3, 0.4) is 0 Å². The van der Waals surface area contributed by atoms with E-state index in [2.05, 4.69) is 6.92 Å². The van der Waals surface area contributed by atoms with E-state index in [-0.39, 0.29) is 6.10 Å². The van der Waals surface area contributed by atoms with Crippen molar-refractivity contribution in [1.82, 2.24) is 0 Å². The summed E-state index contributed by atoms with van der Waals surface area (Å²) in [6.07, 6.45) is 0.566. The number of thioether (sulfide) groups is 1. The average molecular weight is 164 g/mol. The third-order valence-corrected chi connectivity index (χ3v) is 2.09. The van der Waals surface area contributed by atoms with Gasteiger partial charge in [-0.1, -0.05) is 6.92 Å². The molecule has 0 bridgehead atoms. The van der Waals surface area contributed by atoms with E-state index in [9.17, 15) is 0 Å². The van der Waals surface area contributed by atoms with E-state index in [1.807, 2.05) is 11.8 Å². The second kappa shape index (κ2) is 7.38. The van der Waals surface area contributed by atoms with Gasteiger partial charge in [0, 0.05) is 7.11 Å². The van der Waals surface area contributed by atoms with Crippen LogP contribution < -0.4 is 0 Å². The Morgan fingerprint density at radius 2 is 2.30 bits per heavy atom. The first-order valence-electron chi connectivity index (χ1n) is 3.56. The summed E-state index contributed by atoms with van der Waals surface area (Å²) in [6.45, 7) is 2.58. The molecule has 2 nitrogen and oxygen atoms in total. The van der Waals surface area contributed by atoms with Crippen LogP contribution in [-0.4, -0.2) is 36.4 Å². The summed E-state index contributed by atoms with van der Waals surface area (Å²) >= 11 is 1.85. The minimum Gasteiger partial charge on any atom is -0.391 e. The molecule has 0 radical (unpaired) electrons. The molecule has 0 aromatic heterocycles. The molecule has 0 fully saturated rings. The van der Waals surface area contributed by atoms with Crippen molar-refractivity contribution in [2.45, 2.75) is 19.4 Å². The van der Waals surface area contributed by atoms with E-state index in [4.69, 9.17) is 9.84 Å². The van der Waals surface area contributed by atoms with E-state index in [1.54, 1.807) is 7.11 Å². The van der Waals surface area contributed by atoms with Gasteiger partial charge < -0.3 is 9.84 Å². The number of aliphatic hydroxyl groups is 1. The first-order valence-corrected chi connectivity index (χ1v) is 4.71. The van der Waals surface area contributed by atoms with Gasteiger partial charge in [0.25, 0.3) is 0 Å². The molecular formula is C7H16O2S. The lowest BCUT2D eigenvalue weighted by Crippen LogP contribution is -2.14. The molecule has 0 aliphatic rings. The van der Waals surface area contributed by atoms with Crippen molar-refractivity contribution in [2.24, 2.45) is 0 Å². The lowest BCUT2D eigenvalue weighted by Gasteiger charge is -2.07. The summed E-state index contributed by atoms with van der Waals surface area (Å²) in [4.78, 5) is 0. The monoisotopic (exact) mass is 164 g/mol. The highest BCUT2D eigenvalue weighted by Gasteiger charge is 2.01. The van der Waals surface area contributed by atoms with E-state index >= 15 is 0 Å². The van der Waals surface area contributed by atoms with Gasteiger partial charge in [0.2, 0.25) is 0 Å². The molecule has 0 saturated carbocycles. The van der Waals surface area contributed by atoms with Crippen LogP contribution in [0.5, 0.6) is 0 Å². The van der Waals surface area contributed by atoms with Crippen molar-refractivity contribution in [1.29, 1.82) is 0 Å². The summed E-state index contributed by atoms with van der Waals surface area (Å²) in [5, 5.41) is 9.14. The molecule has 0 heterocycles. The van der Waals surface area contributed by atoms with Gasteiger partial charge >= 0.3 is 0 Å². The standard InChI is InChI=1S/C7H16O2S/c1-3-10-5-4-7(8)6-9-2/h7-8H,3-6H2,1-2H3. The molecule has 62 valence electrons. The maximum Gasteiger partial charge on any atom is 0.0781 e. The SMILES string of the molecule is CCSCCC(O)COC. The number of aliphatic hydroxyl groups excluding tert-OH is 1. The Balaban J connectivity index is 2.97. The van der Waals surface area contributed by atoms with Crippen LogP contribution in [0, 0.1) is 0 Å². The maximum absolute atomic E-state index is 9.14. The summed E-state index contributed by atoms with van der Waals surface area (Å²) in [6, 6.07) is 0. The van der Waals surface area contributed by atoms with Crippen molar-refractivity contribution in [3.05, 3.63) is 0 Å². The van der Waals surface area contributed by atoms with Gasteiger partial charge in [0.1, 0.15) is 0 Å². The molecule has 0 aromatic rings. The highest BCUT2D eigenvalue weighted by Crippen LogP contribution is 2.03. The summed E-state index contributed by atoms with van der Waals surface area (Å²) in [5.41, 5.74) is 0. The fraction of sp³-hybridized carbons (Fsp3) is 1.00. The second-order valence-corrected chi connectivity index (χ2v) is 3.49. The molecule has 10 heavy (non-hydrogen) atoms. The maximum atomic E-state index is 9.14. The van der Waals surface area contributed by atoms with Crippen LogP contribution in [0.15, 0.2) is 0 Å². The first kappa shape index (κ1) is 10.3. The average Bonchev–Trinajstić information content (AvgIpc) is 1.89. The van der Waals surface area contributed by atoms with E-state index < -0.39 is 0 Å². The predicted octanol–water partition coefficient (Wildman–Crippen LogP) is 1.14. The van der Waals surface area contributed by atoms with Gasteiger partial charge in [-0.25, -0.2) is 0 Å². The molecule has 0 saturated heterocycles. The van der Waals surface area contributed by atoms with Crippen LogP contribution >= 0.6 is 11.8 Å². The summed E-state index contributed by atoms with van der Waals surface area (Å²) < 4.78 is 4.78. The highest BCUT2D eigenvalue weighted by molar-refractivity contribution is 7.99. The van der Waals surface area contributed by atoms with Crippen molar-refractivity contribution in [3.8, 4) is 0 Å². The van der Waals surface area contributed by atoms with E-state index in [0.29, 0.717) is 6.61 Å². The predicted molar refractivity (Wildman–Crippen MR) is 45.5 cm³/mol. The molecule has 0 amide bonds.